The minimum Gasteiger partial charge on any atom is -0.356 e. The van der Waals surface area contributed by atoms with E-state index in [0.29, 0.717) is 18.4 Å². The average molecular weight is 494 g/mol. The molecule has 1 aromatic heterocycles. The summed E-state index contributed by atoms with van der Waals surface area (Å²) in [7, 11) is -1.93. The fourth-order valence-corrected chi connectivity index (χ4v) is 3.43. The second kappa shape index (κ2) is 10.1. The van der Waals surface area contributed by atoms with E-state index in [-0.39, 0.29) is 28.9 Å². The van der Waals surface area contributed by atoms with E-state index in [9.17, 15) is 8.42 Å². The van der Waals surface area contributed by atoms with E-state index < -0.39 is 10.0 Å². The lowest BCUT2D eigenvalue weighted by Crippen LogP contribution is -2.38. The molecule has 0 radical (unpaired) electrons. The first-order valence-electron chi connectivity index (χ1n) is 7.50. The molecule has 0 aliphatic rings. The van der Waals surface area contributed by atoms with Crippen LogP contribution in [0.25, 0.3) is 0 Å². The van der Waals surface area contributed by atoms with Gasteiger partial charge in [-0.2, -0.15) is 0 Å². The summed E-state index contributed by atoms with van der Waals surface area (Å²) in [4.78, 5) is 5.64. The number of thiophene rings is 1. The zero-order valence-electron chi connectivity index (χ0n) is 14.1. The van der Waals surface area contributed by atoms with Crippen molar-refractivity contribution in [2.24, 2.45) is 10.1 Å². The highest BCUT2D eigenvalue weighted by atomic mass is 127. The van der Waals surface area contributed by atoms with Gasteiger partial charge in [0.15, 0.2) is 5.96 Å². The van der Waals surface area contributed by atoms with Crippen LogP contribution in [0.5, 0.6) is 0 Å². The lowest BCUT2D eigenvalue weighted by Gasteiger charge is -2.15. The summed E-state index contributed by atoms with van der Waals surface area (Å²) in [5, 5.41) is 13.7. The van der Waals surface area contributed by atoms with Gasteiger partial charge < -0.3 is 10.6 Å². The quantitative estimate of drug-likeness (QED) is 0.327. The lowest BCUT2D eigenvalue weighted by molar-refractivity contribution is 0.597. The lowest BCUT2D eigenvalue weighted by atomic mass is 10.1. The number of hydrogen-bond donors (Lipinski definition) is 3. The molecule has 9 heteroatoms. The molecule has 25 heavy (non-hydrogen) atoms. The first kappa shape index (κ1) is 21.9. The van der Waals surface area contributed by atoms with Crippen LogP contribution in [0.1, 0.15) is 23.3 Å². The Hall–Kier alpha value is -1.17. The Morgan fingerprint density at radius 3 is 2.44 bits per heavy atom. The van der Waals surface area contributed by atoms with E-state index >= 15 is 0 Å². The third kappa shape index (κ3) is 6.92. The second-order valence-corrected chi connectivity index (χ2v) is 7.95. The number of benzene rings is 1. The predicted molar refractivity (Wildman–Crippen MR) is 114 cm³/mol. The number of nitrogens with zero attached hydrogens (tertiary/aromatic N) is 1. The minimum atomic E-state index is -3.65. The molecule has 138 valence electrons. The molecule has 0 spiro atoms. The van der Waals surface area contributed by atoms with Crippen molar-refractivity contribution in [3.8, 4) is 0 Å². The van der Waals surface area contributed by atoms with E-state index in [1.165, 1.54) is 17.0 Å². The first-order valence-corrected chi connectivity index (χ1v) is 9.92. The van der Waals surface area contributed by atoms with E-state index in [1.54, 1.807) is 30.5 Å². The second-order valence-electron chi connectivity index (χ2n) is 5.41. The van der Waals surface area contributed by atoms with E-state index in [0.717, 1.165) is 12.1 Å². The summed E-state index contributed by atoms with van der Waals surface area (Å²) in [6, 6.07) is 10.6. The SMILES string of the molecule is CN=C(NCc1ccc(S(N)(=O)=O)cc1)NCC(C)c1cccs1.I. The Labute approximate surface area is 170 Å². The molecule has 0 saturated heterocycles. The third-order valence-electron chi connectivity index (χ3n) is 3.54. The van der Waals surface area contributed by atoms with Gasteiger partial charge >= 0.3 is 0 Å². The van der Waals surface area contributed by atoms with Gasteiger partial charge in [-0.05, 0) is 29.1 Å². The van der Waals surface area contributed by atoms with E-state index in [4.69, 9.17) is 5.14 Å². The fourth-order valence-electron chi connectivity index (χ4n) is 2.13. The van der Waals surface area contributed by atoms with E-state index in [1.807, 2.05) is 0 Å². The molecule has 1 atom stereocenters. The molecule has 0 saturated carbocycles. The molecule has 1 heterocycles. The van der Waals surface area contributed by atoms with Crippen LogP contribution >= 0.6 is 35.3 Å². The maximum absolute atomic E-state index is 11.2. The summed E-state index contributed by atoms with van der Waals surface area (Å²) in [5.41, 5.74) is 0.941. The maximum atomic E-state index is 11.2. The summed E-state index contributed by atoms with van der Waals surface area (Å²) in [6.45, 7) is 3.49. The zero-order valence-corrected chi connectivity index (χ0v) is 18.1. The molecule has 2 aromatic rings. The van der Waals surface area contributed by atoms with Crippen LogP contribution in [-0.2, 0) is 16.6 Å². The van der Waals surface area contributed by atoms with Crippen LogP contribution in [0.4, 0.5) is 0 Å². The number of guanidine groups is 1. The number of sulfonamides is 1. The minimum absolute atomic E-state index is 0. The molecular weight excluding hydrogens is 471 g/mol. The summed E-state index contributed by atoms with van der Waals surface area (Å²) in [6.07, 6.45) is 0. The highest BCUT2D eigenvalue weighted by molar-refractivity contribution is 14.0. The summed E-state index contributed by atoms with van der Waals surface area (Å²) < 4.78 is 22.5. The van der Waals surface area contributed by atoms with Gasteiger partial charge in [0.25, 0.3) is 0 Å². The number of nitrogens with two attached hydrogens (primary N) is 1. The molecule has 0 aliphatic carbocycles. The van der Waals surface area contributed by atoms with Crippen LogP contribution in [0.3, 0.4) is 0 Å². The first-order chi connectivity index (χ1) is 11.4. The largest absolute Gasteiger partial charge is 0.356 e. The Bertz CT molecular complexity index is 775. The van der Waals surface area contributed by atoms with Gasteiger partial charge in [-0.3, -0.25) is 4.99 Å². The maximum Gasteiger partial charge on any atom is 0.238 e. The normalized spacial score (nSPS) is 13.0. The van der Waals surface area contributed by atoms with Gasteiger partial charge in [-0.15, -0.1) is 35.3 Å². The van der Waals surface area contributed by atoms with Crippen molar-refractivity contribution in [2.45, 2.75) is 24.3 Å². The highest BCUT2D eigenvalue weighted by Crippen LogP contribution is 2.19. The smallest absolute Gasteiger partial charge is 0.238 e. The molecule has 2 rings (SSSR count). The number of aliphatic imine (C=N–C) groups is 1. The molecule has 1 unspecified atom stereocenters. The van der Waals surface area contributed by atoms with Gasteiger partial charge in [0, 0.05) is 30.9 Å². The van der Waals surface area contributed by atoms with Crippen molar-refractivity contribution in [3.05, 3.63) is 52.2 Å². The highest BCUT2D eigenvalue weighted by Gasteiger charge is 2.08. The zero-order chi connectivity index (χ0) is 17.6. The van der Waals surface area contributed by atoms with Gasteiger partial charge in [0.1, 0.15) is 0 Å². The Kier molecular flexibility index (Phi) is 8.83. The summed E-state index contributed by atoms with van der Waals surface area (Å²) in [5.74, 6) is 1.10. The van der Waals surface area contributed by atoms with Gasteiger partial charge in [0.05, 0.1) is 4.90 Å². The Morgan fingerprint density at radius 2 is 1.92 bits per heavy atom. The summed E-state index contributed by atoms with van der Waals surface area (Å²) >= 11 is 1.74. The topological polar surface area (TPSA) is 96.6 Å². The third-order valence-corrected chi connectivity index (χ3v) is 5.57. The average Bonchev–Trinajstić information content (AvgIpc) is 3.09. The number of nitrogens with one attached hydrogen (secondary N) is 2. The van der Waals surface area contributed by atoms with Crippen LogP contribution in [0.2, 0.25) is 0 Å². The predicted octanol–water partition coefficient (Wildman–Crippen LogP) is 2.48. The van der Waals surface area contributed by atoms with Gasteiger partial charge in [0.2, 0.25) is 10.0 Å². The molecule has 0 aliphatic heterocycles. The number of primary sulfonamides is 1. The van der Waals surface area contributed by atoms with Crippen molar-refractivity contribution in [3.63, 3.8) is 0 Å². The van der Waals surface area contributed by atoms with E-state index in [2.05, 4.69) is 40.1 Å². The molecule has 1 aromatic carbocycles. The Balaban J connectivity index is 0.00000312. The van der Waals surface area contributed by atoms with Crippen LogP contribution in [-0.4, -0.2) is 28.0 Å². The van der Waals surface area contributed by atoms with Crippen molar-refractivity contribution in [1.29, 1.82) is 0 Å². The van der Waals surface area contributed by atoms with Crippen molar-refractivity contribution in [2.75, 3.05) is 13.6 Å². The molecular formula is C16H23IN4O2S2. The molecule has 4 N–H and O–H groups in total. The van der Waals surface area contributed by atoms with Crippen molar-refractivity contribution >= 4 is 51.3 Å². The molecule has 0 amide bonds. The Morgan fingerprint density at radius 1 is 1.24 bits per heavy atom. The van der Waals surface area contributed by atoms with Crippen molar-refractivity contribution < 1.29 is 8.42 Å². The van der Waals surface area contributed by atoms with Gasteiger partial charge in [-0.25, -0.2) is 13.6 Å². The molecule has 0 fully saturated rings. The number of rotatable bonds is 6. The number of hydrogen-bond acceptors (Lipinski definition) is 4. The number of halogens is 1. The van der Waals surface area contributed by atoms with Crippen LogP contribution in [0.15, 0.2) is 51.7 Å². The molecule has 0 bridgehead atoms. The fraction of sp³-hybridized carbons (Fsp3) is 0.312. The monoisotopic (exact) mass is 494 g/mol. The standard InChI is InChI=1S/C16H22N4O2S2.HI/c1-12(15-4-3-9-23-15)10-19-16(18-2)20-11-13-5-7-14(8-6-13)24(17,21)22;/h3-9,12H,10-11H2,1-2H3,(H2,17,21,22)(H2,18,19,20);1H. The van der Waals surface area contributed by atoms with Crippen LogP contribution in [0, 0.1) is 0 Å². The molecule has 6 nitrogen and oxygen atoms in total. The van der Waals surface area contributed by atoms with Gasteiger partial charge in [-0.1, -0.05) is 25.1 Å². The van der Waals surface area contributed by atoms with Crippen LogP contribution < -0.4 is 15.8 Å². The van der Waals surface area contributed by atoms with Crippen molar-refractivity contribution in [1.82, 2.24) is 10.6 Å².